The van der Waals surface area contributed by atoms with Crippen molar-refractivity contribution in [3.63, 3.8) is 0 Å². The fourth-order valence-corrected chi connectivity index (χ4v) is 1.72. The van der Waals surface area contributed by atoms with Gasteiger partial charge in [0.15, 0.2) is 0 Å². The molecule has 0 unspecified atom stereocenters. The third-order valence-corrected chi connectivity index (χ3v) is 2.70. The highest BCUT2D eigenvalue weighted by Crippen LogP contribution is 2.12. The van der Waals surface area contributed by atoms with Crippen molar-refractivity contribution >= 4 is 11.8 Å². The van der Waals surface area contributed by atoms with Crippen molar-refractivity contribution in [2.75, 3.05) is 10.7 Å². The second kappa shape index (κ2) is 5.46. The Kier molecular flexibility index (Phi) is 3.74. The third-order valence-electron chi connectivity index (χ3n) is 2.70. The van der Waals surface area contributed by atoms with Crippen molar-refractivity contribution in [2.24, 2.45) is 5.84 Å². The van der Waals surface area contributed by atoms with E-state index in [0.29, 0.717) is 5.95 Å². The van der Waals surface area contributed by atoms with Gasteiger partial charge >= 0.3 is 0 Å². The number of aromatic nitrogens is 2. The molecule has 94 valence electrons. The van der Waals surface area contributed by atoms with Crippen molar-refractivity contribution in [1.82, 2.24) is 9.97 Å². The van der Waals surface area contributed by atoms with Gasteiger partial charge in [0.1, 0.15) is 5.82 Å². The Hall–Kier alpha value is -2.14. The number of hydrogen-bond acceptors (Lipinski definition) is 5. The lowest BCUT2D eigenvalue weighted by molar-refractivity contribution is 1.03. The molecule has 4 N–H and O–H groups in total. The largest absolute Gasteiger partial charge is 0.366 e. The molecule has 0 saturated heterocycles. The lowest BCUT2D eigenvalue weighted by atomic mass is 10.1. The van der Waals surface area contributed by atoms with Gasteiger partial charge in [0.2, 0.25) is 5.95 Å². The van der Waals surface area contributed by atoms with Crippen LogP contribution in [0.4, 0.5) is 11.8 Å². The van der Waals surface area contributed by atoms with E-state index in [4.69, 9.17) is 5.84 Å². The van der Waals surface area contributed by atoms with Gasteiger partial charge in [-0.25, -0.2) is 10.8 Å². The van der Waals surface area contributed by atoms with Gasteiger partial charge in [-0.1, -0.05) is 24.3 Å². The molecule has 0 aliphatic heterocycles. The summed E-state index contributed by atoms with van der Waals surface area (Å²) in [4.78, 5) is 8.38. The Morgan fingerprint density at radius 1 is 1.17 bits per heavy atom. The highest BCUT2D eigenvalue weighted by molar-refractivity contribution is 5.42. The molecule has 5 heteroatoms. The van der Waals surface area contributed by atoms with Gasteiger partial charge in [0.05, 0.1) is 0 Å². The van der Waals surface area contributed by atoms with E-state index in [9.17, 15) is 0 Å². The normalized spacial score (nSPS) is 10.2. The SMILES string of the molecule is Cc1cc(NCc2ccccc2C)nc(NN)n1. The summed E-state index contributed by atoms with van der Waals surface area (Å²) in [5.74, 6) is 6.50. The molecule has 2 rings (SSSR count). The van der Waals surface area contributed by atoms with E-state index in [1.165, 1.54) is 11.1 Å². The molecule has 1 aromatic carbocycles. The minimum atomic E-state index is 0.419. The van der Waals surface area contributed by atoms with E-state index in [1.807, 2.05) is 25.1 Å². The van der Waals surface area contributed by atoms with E-state index in [-0.39, 0.29) is 0 Å². The minimum absolute atomic E-state index is 0.419. The van der Waals surface area contributed by atoms with Crippen molar-refractivity contribution in [3.05, 3.63) is 47.2 Å². The van der Waals surface area contributed by atoms with Crippen LogP contribution in [0.5, 0.6) is 0 Å². The summed E-state index contributed by atoms with van der Waals surface area (Å²) in [6.45, 7) is 4.73. The number of rotatable bonds is 4. The van der Waals surface area contributed by atoms with Gasteiger partial charge < -0.3 is 5.32 Å². The Balaban J connectivity index is 2.11. The molecule has 1 aromatic heterocycles. The number of nitrogens with two attached hydrogens (primary N) is 1. The van der Waals surface area contributed by atoms with Crippen molar-refractivity contribution < 1.29 is 0 Å². The number of benzene rings is 1. The first kappa shape index (κ1) is 12.3. The Bertz CT molecular complexity index is 539. The molecule has 18 heavy (non-hydrogen) atoms. The van der Waals surface area contributed by atoms with E-state index in [1.54, 1.807) is 0 Å². The van der Waals surface area contributed by atoms with Crippen molar-refractivity contribution in [1.29, 1.82) is 0 Å². The van der Waals surface area contributed by atoms with Gasteiger partial charge in [-0.05, 0) is 25.0 Å². The monoisotopic (exact) mass is 243 g/mol. The molecule has 1 heterocycles. The summed E-state index contributed by atoms with van der Waals surface area (Å²) >= 11 is 0. The first-order valence-electron chi connectivity index (χ1n) is 5.79. The van der Waals surface area contributed by atoms with E-state index < -0.39 is 0 Å². The highest BCUT2D eigenvalue weighted by atomic mass is 15.3. The smallest absolute Gasteiger partial charge is 0.239 e. The molecule has 0 radical (unpaired) electrons. The molecule has 0 fully saturated rings. The third kappa shape index (κ3) is 2.95. The number of nitrogens with one attached hydrogen (secondary N) is 2. The minimum Gasteiger partial charge on any atom is -0.366 e. The Morgan fingerprint density at radius 3 is 2.67 bits per heavy atom. The van der Waals surface area contributed by atoms with Crippen LogP contribution in [0.3, 0.4) is 0 Å². The Morgan fingerprint density at radius 2 is 1.94 bits per heavy atom. The second-order valence-corrected chi connectivity index (χ2v) is 4.14. The summed E-state index contributed by atoms with van der Waals surface area (Å²) in [5, 5.41) is 3.27. The number of nitrogens with zero attached hydrogens (tertiary/aromatic N) is 2. The van der Waals surface area contributed by atoms with Gasteiger partial charge in [0, 0.05) is 18.3 Å². The summed E-state index contributed by atoms with van der Waals surface area (Å²) in [6, 6.07) is 10.1. The van der Waals surface area contributed by atoms with Gasteiger partial charge in [-0.3, -0.25) is 5.43 Å². The second-order valence-electron chi connectivity index (χ2n) is 4.14. The van der Waals surface area contributed by atoms with Crippen LogP contribution in [0.1, 0.15) is 16.8 Å². The van der Waals surface area contributed by atoms with Crippen LogP contribution in [0, 0.1) is 13.8 Å². The summed E-state index contributed by atoms with van der Waals surface area (Å²) in [7, 11) is 0. The molecule has 0 saturated carbocycles. The maximum atomic E-state index is 5.32. The standard InChI is InChI=1S/C13H17N5/c1-9-5-3-4-6-11(9)8-15-12-7-10(2)16-13(17-12)18-14/h3-7H,8,14H2,1-2H3,(H2,15,16,17,18). The van der Waals surface area contributed by atoms with E-state index in [2.05, 4.69) is 39.8 Å². The molecule has 0 bridgehead atoms. The molecule has 0 aliphatic carbocycles. The first-order valence-corrected chi connectivity index (χ1v) is 5.79. The van der Waals surface area contributed by atoms with Gasteiger partial charge in [-0.15, -0.1) is 0 Å². The number of nitrogen functional groups attached to an aromatic ring is 1. The summed E-state index contributed by atoms with van der Waals surface area (Å²) in [6.07, 6.45) is 0. The molecule has 5 nitrogen and oxygen atoms in total. The van der Waals surface area contributed by atoms with Crippen LogP contribution >= 0.6 is 0 Å². The average Bonchev–Trinajstić information content (AvgIpc) is 2.37. The molecule has 0 spiro atoms. The molecule has 2 aromatic rings. The van der Waals surface area contributed by atoms with Crippen LogP contribution in [-0.2, 0) is 6.54 Å². The predicted octanol–water partition coefficient (Wildman–Crippen LogP) is 1.99. The summed E-state index contributed by atoms with van der Waals surface area (Å²) < 4.78 is 0. The molecule has 0 aliphatic rings. The Labute approximate surface area is 106 Å². The van der Waals surface area contributed by atoms with Crippen LogP contribution in [-0.4, -0.2) is 9.97 Å². The van der Waals surface area contributed by atoms with Crippen LogP contribution in [0.15, 0.2) is 30.3 Å². The lowest BCUT2D eigenvalue weighted by Crippen LogP contribution is -2.12. The topological polar surface area (TPSA) is 75.9 Å². The quantitative estimate of drug-likeness (QED) is 0.565. The number of hydrazine groups is 1. The number of hydrogen-bond donors (Lipinski definition) is 3. The van der Waals surface area contributed by atoms with Crippen LogP contribution < -0.4 is 16.6 Å². The zero-order chi connectivity index (χ0) is 13.0. The van der Waals surface area contributed by atoms with E-state index in [0.717, 1.165) is 18.1 Å². The van der Waals surface area contributed by atoms with Gasteiger partial charge in [-0.2, -0.15) is 4.98 Å². The van der Waals surface area contributed by atoms with E-state index >= 15 is 0 Å². The number of anilines is 2. The zero-order valence-corrected chi connectivity index (χ0v) is 10.6. The molecule has 0 amide bonds. The average molecular weight is 243 g/mol. The molecular formula is C13H17N5. The fourth-order valence-electron chi connectivity index (χ4n) is 1.72. The molecular weight excluding hydrogens is 226 g/mol. The maximum Gasteiger partial charge on any atom is 0.239 e. The fraction of sp³-hybridized carbons (Fsp3) is 0.231. The first-order chi connectivity index (χ1) is 8.69. The highest BCUT2D eigenvalue weighted by Gasteiger charge is 2.02. The predicted molar refractivity (Wildman–Crippen MR) is 73.1 cm³/mol. The maximum absolute atomic E-state index is 5.32. The van der Waals surface area contributed by atoms with Gasteiger partial charge in [0.25, 0.3) is 0 Å². The zero-order valence-electron chi connectivity index (χ0n) is 10.6. The van der Waals surface area contributed by atoms with Crippen LogP contribution in [0.2, 0.25) is 0 Å². The van der Waals surface area contributed by atoms with Crippen molar-refractivity contribution in [2.45, 2.75) is 20.4 Å². The number of aryl methyl sites for hydroxylation is 2. The van der Waals surface area contributed by atoms with Crippen molar-refractivity contribution in [3.8, 4) is 0 Å². The molecule has 0 atom stereocenters. The lowest BCUT2D eigenvalue weighted by Gasteiger charge is -2.09. The van der Waals surface area contributed by atoms with Crippen LogP contribution in [0.25, 0.3) is 0 Å². The summed E-state index contributed by atoms with van der Waals surface area (Å²) in [5.41, 5.74) is 5.83.